The number of benzene rings is 1. The highest BCUT2D eigenvalue weighted by Gasteiger charge is 2.60. The molecule has 0 aliphatic heterocycles. The number of ether oxygens (including phenoxy) is 2. The number of carbonyl (C=O) groups excluding carboxylic acids is 1. The number of carbonyl (C=O) groups is 1. The van der Waals surface area contributed by atoms with E-state index in [0.29, 0.717) is 33.6 Å². The molecule has 10 heteroatoms. The van der Waals surface area contributed by atoms with Gasteiger partial charge in [-0.2, -0.15) is 26.3 Å². The number of fused-ring (bicyclic) bond motifs is 1. The Bertz CT molecular complexity index is 792. The van der Waals surface area contributed by atoms with Gasteiger partial charge in [-0.25, -0.2) is 4.79 Å². The average Bonchev–Trinajstić information content (AvgIpc) is 3.25. The topological polar surface area (TPSA) is 40.5 Å². The molecule has 1 aromatic carbocycles. The van der Waals surface area contributed by atoms with Crippen LogP contribution < -0.4 is 4.74 Å². The number of hydrogen-bond donors (Lipinski definition) is 0. The fourth-order valence-corrected chi connectivity index (χ4v) is 2.29. The van der Waals surface area contributed by atoms with Crippen LogP contribution in [0.4, 0.5) is 31.1 Å². The minimum Gasteiger partial charge on any atom is -0.493 e. The van der Waals surface area contributed by atoms with Crippen LogP contribution in [0, 0.1) is 5.92 Å². The summed E-state index contributed by atoms with van der Waals surface area (Å²) in [7, 11) is 0. The lowest BCUT2D eigenvalue weighted by Crippen LogP contribution is -2.46. The third kappa shape index (κ3) is 4.23. The van der Waals surface area contributed by atoms with Gasteiger partial charge in [0.15, 0.2) is 0 Å². The first-order chi connectivity index (χ1) is 12.0. The van der Waals surface area contributed by atoms with Gasteiger partial charge >= 0.3 is 18.4 Å². The number of nitrogens with zero attached hydrogens (tertiary/aromatic N) is 1. The zero-order chi connectivity index (χ0) is 19.1. The van der Waals surface area contributed by atoms with E-state index in [1.54, 1.807) is 18.2 Å². The summed E-state index contributed by atoms with van der Waals surface area (Å²) < 4.78 is 84.6. The van der Waals surface area contributed by atoms with Crippen molar-refractivity contribution in [3.63, 3.8) is 0 Å². The Morgan fingerprint density at radius 3 is 2.27 bits per heavy atom. The van der Waals surface area contributed by atoms with Gasteiger partial charge in [-0.1, -0.05) is 0 Å². The van der Waals surface area contributed by atoms with E-state index in [1.165, 1.54) is 0 Å². The van der Waals surface area contributed by atoms with Crippen LogP contribution in [0.3, 0.4) is 0 Å². The lowest BCUT2D eigenvalue weighted by Gasteiger charge is -2.22. The Hall–Kier alpha value is -2.39. The van der Waals surface area contributed by atoms with Gasteiger partial charge in [0, 0.05) is 23.2 Å². The van der Waals surface area contributed by atoms with Gasteiger partial charge in [0.05, 0.1) is 6.61 Å². The van der Waals surface area contributed by atoms with Crippen LogP contribution in [0.2, 0.25) is 0 Å². The van der Waals surface area contributed by atoms with Gasteiger partial charge in [0.1, 0.15) is 5.75 Å². The zero-order valence-corrected chi connectivity index (χ0v) is 13.1. The Balaban J connectivity index is 1.76. The molecular formula is C16H13F6NO3. The highest BCUT2D eigenvalue weighted by molar-refractivity contribution is 5.88. The van der Waals surface area contributed by atoms with Gasteiger partial charge in [0.25, 0.3) is 6.10 Å². The maximum Gasteiger partial charge on any atom is 0.434 e. The van der Waals surface area contributed by atoms with Crippen LogP contribution in [0.15, 0.2) is 30.6 Å². The Kier molecular flexibility index (Phi) is 4.53. The predicted octanol–water partition coefficient (Wildman–Crippen LogP) is 4.91. The first kappa shape index (κ1) is 18.4. The van der Waals surface area contributed by atoms with E-state index in [4.69, 9.17) is 4.74 Å². The number of aromatic nitrogens is 1. The van der Waals surface area contributed by atoms with Gasteiger partial charge in [0.2, 0.25) is 0 Å². The molecule has 0 saturated heterocycles. The molecule has 4 nitrogen and oxygen atoms in total. The van der Waals surface area contributed by atoms with Crippen molar-refractivity contribution >= 4 is 16.9 Å². The van der Waals surface area contributed by atoms with E-state index < -0.39 is 24.5 Å². The molecule has 1 fully saturated rings. The third-order valence-corrected chi connectivity index (χ3v) is 3.82. The molecule has 1 heterocycles. The number of rotatable bonds is 4. The van der Waals surface area contributed by atoms with Gasteiger partial charge in [-0.15, -0.1) is 0 Å². The first-order valence-electron chi connectivity index (χ1n) is 7.63. The van der Waals surface area contributed by atoms with Gasteiger partial charge < -0.3 is 9.47 Å². The molecule has 1 aliphatic rings. The summed E-state index contributed by atoms with van der Waals surface area (Å²) >= 11 is 0. The Morgan fingerprint density at radius 1 is 1.08 bits per heavy atom. The van der Waals surface area contributed by atoms with E-state index in [0.717, 1.165) is 25.2 Å². The molecule has 0 N–H and O–H groups in total. The van der Waals surface area contributed by atoms with Crippen LogP contribution in [0.25, 0.3) is 10.8 Å². The fraction of sp³-hybridized carbons (Fsp3) is 0.438. The SMILES string of the molecule is O=C(OC(C(F)(F)F)C(F)(F)F)n1cc2ccc(OCC3CC3)cc2c1. The summed E-state index contributed by atoms with van der Waals surface area (Å²) in [5, 5.41) is 0.863. The summed E-state index contributed by atoms with van der Waals surface area (Å²) in [4.78, 5) is 11.7. The standard InChI is InChI=1S/C16H13F6NO3/c17-15(18,19)13(16(20,21)22)26-14(24)23-6-10-3-4-12(5-11(10)7-23)25-8-9-1-2-9/h3-7,9,13H,1-2,8H2. The van der Waals surface area contributed by atoms with Crippen molar-refractivity contribution in [2.45, 2.75) is 31.3 Å². The summed E-state index contributed by atoms with van der Waals surface area (Å²) in [5.41, 5.74) is 0. The second-order valence-electron chi connectivity index (χ2n) is 6.06. The zero-order valence-electron chi connectivity index (χ0n) is 13.1. The summed E-state index contributed by atoms with van der Waals surface area (Å²) in [6, 6.07) is 4.70. The van der Waals surface area contributed by atoms with Crippen molar-refractivity contribution in [1.82, 2.24) is 4.57 Å². The lowest BCUT2D eigenvalue weighted by atomic mass is 10.2. The van der Waals surface area contributed by atoms with Crippen LogP contribution in [0.1, 0.15) is 12.8 Å². The van der Waals surface area contributed by atoms with Crippen LogP contribution in [0.5, 0.6) is 5.75 Å². The summed E-state index contributed by atoms with van der Waals surface area (Å²) in [6.07, 6.45) is -13.1. The van der Waals surface area contributed by atoms with Gasteiger partial charge in [-0.3, -0.25) is 4.57 Å². The molecule has 0 bridgehead atoms. The number of alkyl halides is 6. The molecule has 0 atom stereocenters. The van der Waals surface area contributed by atoms with E-state index >= 15 is 0 Å². The van der Waals surface area contributed by atoms with Crippen molar-refractivity contribution in [3.05, 3.63) is 30.6 Å². The maximum absolute atomic E-state index is 12.5. The highest BCUT2D eigenvalue weighted by Crippen LogP contribution is 2.36. The van der Waals surface area contributed by atoms with Crippen molar-refractivity contribution in [2.24, 2.45) is 5.92 Å². The Labute approximate surface area is 143 Å². The lowest BCUT2D eigenvalue weighted by molar-refractivity contribution is -0.306. The van der Waals surface area contributed by atoms with E-state index in [2.05, 4.69) is 4.74 Å². The number of halogens is 6. The first-order valence-corrected chi connectivity index (χ1v) is 7.63. The van der Waals surface area contributed by atoms with Crippen molar-refractivity contribution in [1.29, 1.82) is 0 Å². The van der Waals surface area contributed by atoms with Crippen LogP contribution in [-0.2, 0) is 4.74 Å². The molecule has 0 amide bonds. The largest absolute Gasteiger partial charge is 0.493 e. The molecule has 0 unspecified atom stereocenters. The van der Waals surface area contributed by atoms with E-state index in [1.807, 2.05) is 0 Å². The molecule has 1 aliphatic carbocycles. The molecule has 1 aromatic heterocycles. The molecule has 3 rings (SSSR count). The van der Waals surface area contributed by atoms with E-state index in [9.17, 15) is 31.1 Å². The second kappa shape index (κ2) is 6.40. The number of hydrogen-bond acceptors (Lipinski definition) is 3. The summed E-state index contributed by atoms with van der Waals surface area (Å²) in [5.74, 6) is 1.01. The molecule has 26 heavy (non-hydrogen) atoms. The van der Waals surface area contributed by atoms with Crippen molar-refractivity contribution in [3.8, 4) is 5.75 Å². The minimum atomic E-state index is -5.76. The molecule has 2 aromatic rings. The third-order valence-electron chi connectivity index (χ3n) is 3.82. The average molecular weight is 381 g/mol. The van der Waals surface area contributed by atoms with Crippen LogP contribution in [-0.4, -0.2) is 35.7 Å². The van der Waals surface area contributed by atoms with Crippen molar-refractivity contribution in [2.75, 3.05) is 6.61 Å². The van der Waals surface area contributed by atoms with Crippen molar-refractivity contribution < 1.29 is 40.6 Å². The molecule has 0 spiro atoms. The Morgan fingerprint density at radius 2 is 1.69 bits per heavy atom. The fourth-order valence-electron chi connectivity index (χ4n) is 2.29. The molecule has 142 valence electrons. The van der Waals surface area contributed by atoms with Gasteiger partial charge in [-0.05, 0) is 37.0 Å². The smallest absolute Gasteiger partial charge is 0.434 e. The second-order valence-corrected chi connectivity index (χ2v) is 6.06. The molecular weight excluding hydrogens is 368 g/mol. The van der Waals surface area contributed by atoms with Crippen LogP contribution >= 0.6 is 0 Å². The molecule has 0 radical (unpaired) electrons. The van der Waals surface area contributed by atoms with E-state index in [-0.39, 0.29) is 0 Å². The quantitative estimate of drug-likeness (QED) is 0.707. The monoisotopic (exact) mass is 381 g/mol. The summed E-state index contributed by atoms with van der Waals surface area (Å²) in [6.45, 7) is 0.535. The minimum absolute atomic E-state index is 0.422. The predicted molar refractivity (Wildman–Crippen MR) is 77.9 cm³/mol. The maximum atomic E-state index is 12.5. The highest BCUT2D eigenvalue weighted by atomic mass is 19.4. The normalized spacial score (nSPS) is 15.5. The molecule has 1 saturated carbocycles.